The molecule has 0 bridgehead atoms. The van der Waals surface area contributed by atoms with Gasteiger partial charge in [-0.15, -0.1) is 0 Å². The fourth-order valence-corrected chi connectivity index (χ4v) is 6.53. The molecule has 6 nitrogen and oxygen atoms in total. The van der Waals surface area contributed by atoms with Crippen LogP contribution in [0.3, 0.4) is 0 Å². The summed E-state index contributed by atoms with van der Waals surface area (Å²) in [7, 11) is 0. The predicted octanol–water partition coefficient (Wildman–Crippen LogP) is 6.79. The SMILES string of the molecule is O=C(Cc1nc2c(C(=O)CCC3CCN(CC4CCCCC4)CC3)cccc2[nH]1)c1cc2ccccc2cn1. The second-order valence-corrected chi connectivity index (χ2v) is 11.6. The lowest BCUT2D eigenvalue weighted by Gasteiger charge is -2.35. The number of aromatic amines is 1. The molecule has 202 valence electrons. The molecule has 2 aliphatic rings. The molecular formula is C33H38N4O2. The van der Waals surface area contributed by atoms with Crippen LogP contribution in [0, 0.1) is 11.8 Å². The molecule has 0 radical (unpaired) electrons. The van der Waals surface area contributed by atoms with Crippen LogP contribution in [-0.4, -0.2) is 51.1 Å². The molecule has 2 aromatic carbocycles. The topological polar surface area (TPSA) is 79.0 Å². The maximum Gasteiger partial charge on any atom is 0.188 e. The molecule has 6 rings (SSSR count). The minimum absolute atomic E-state index is 0.0949. The molecule has 1 N–H and O–H groups in total. The van der Waals surface area contributed by atoms with Gasteiger partial charge in [0.2, 0.25) is 0 Å². The quantitative estimate of drug-likeness (QED) is 0.245. The average molecular weight is 523 g/mol. The zero-order valence-corrected chi connectivity index (χ0v) is 22.7. The molecular weight excluding hydrogens is 484 g/mol. The third-order valence-electron chi connectivity index (χ3n) is 8.83. The van der Waals surface area contributed by atoms with Gasteiger partial charge >= 0.3 is 0 Å². The number of pyridine rings is 1. The van der Waals surface area contributed by atoms with Gasteiger partial charge in [0.25, 0.3) is 0 Å². The third-order valence-corrected chi connectivity index (χ3v) is 8.83. The van der Waals surface area contributed by atoms with Gasteiger partial charge in [0.1, 0.15) is 11.5 Å². The van der Waals surface area contributed by atoms with Crippen LogP contribution in [0.1, 0.15) is 84.5 Å². The molecule has 1 saturated heterocycles. The summed E-state index contributed by atoms with van der Waals surface area (Å²) >= 11 is 0. The standard InChI is InChI=1S/C33H38N4O2/c38-30(14-13-23-15-17-37(18-16-23)22-24-7-2-1-3-8-24)27-11-6-12-28-33(27)36-32(35-28)20-31(39)29-19-25-9-4-5-10-26(25)21-34-29/h4-6,9-12,19,21,23-24H,1-3,7-8,13-18,20,22H2,(H,35,36). The van der Waals surface area contributed by atoms with Gasteiger partial charge in [-0.1, -0.05) is 49.6 Å². The van der Waals surface area contributed by atoms with Crippen molar-refractivity contribution in [3.05, 3.63) is 71.8 Å². The van der Waals surface area contributed by atoms with E-state index < -0.39 is 0 Å². The van der Waals surface area contributed by atoms with Crippen molar-refractivity contribution < 1.29 is 9.59 Å². The van der Waals surface area contributed by atoms with Crippen molar-refractivity contribution in [2.24, 2.45) is 11.8 Å². The van der Waals surface area contributed by atoms with Crippen molar-refractivity contribution in [1.82, 2.24) is 19.9 Å². The van der Waals surface area contributed by atoms with Crippen LogP contribution in [0.2, 0.25) is 0 Å². The maximum atomic E-state index is 13.3. The van der Waals surface area contributed by atoms with Crippen LogP contribution in [0.15, 0.2) is 54.7 Å². The highest BCUT2D eigenvalue weighted by molar-refractivity contribution is 6.06. The first-order valence-electron chi connectivity index (χ1n) is 14.7. The Kier molecular flexibility index (Phi) is 7.82. The van der Waals surface area contributed by atoms with Gasteiger partial charge in [0.05, 0.1) is 17.5 Å². The Morgan fingerprint density at radius 2 is 1.67 bits per heavy atom. The Morgan fingerprint density at radius 1 is 0.872 bits per heavy atom. The number of nitrogens with zero attached hydrogens (tertiary/aromatic N) is 3. The molecule has 0 amide bonds. The first-order valence-corrected chi connectivity index (χ1v) is 14.7. The highest BCUT2D eigenvalue weighted by Gasteiger charge is 2.24. The van der Waals surface area contributed by atoms with Crippen LogP contribution in [0.5, 0.6) is 0 Å². The van der Waals surface area contributed by atoms with E-state index in [1.54, 1.807) is 6.20 Å². The van der Waals surface area contributed by atoms with Crippen LogP contribution in [0.25, 0.3) is 21.8 Å². The lowest BCUT2D eigenvalue weighted by atomic mass is 9.87. The highest BCUT2D eigenvalue weighted by Crippen LogP contribution is 2.28. The second-order valence-electron chi connectivity index (χ2n) is 11.6. The average Bonchev–Trinajstić information content (AvgIpc) is 3.39. The number of carbonyl (C=O) groups is 2. The first kappa shape index (κ1) is 25.9. The van der Waals surface area contributed by atoms with Gasteiger partial charge in [-0.3, -0.25) is 14.6 Å². The van der Waals surface area contributed by atoms with Crippen molar-refractivity contribution in [3.8, 4) is 0 Å². The number of benzene rings is 2. The molecule has 1 aliphatic carbocycles. The zero-order valence-electron chi connectivity index (χ0n) is 22.7. The number of hydrogen-bond acceptors (Lipinski definition) is 5. The monoisotopic (exact) mass is 522 g/mol. The fraction of sp³-hybridized carbons (Fsp3) is 0.455. The predicted molar refractivity (Wildman–Crippen MR) is 155 cm³/mol. The van der Waals surface area contributed by atoms with E-state index in [0.717, 1.165) is 28.6 Å². The van der Waals surface area contributed by atoms with E-state index in [1.807, 2.05) is 48.5 Å². The molecule has 4 aromatic rings. The maximum absolute atomic E-state index is 13.3. The summed E-state index contributed by atoms with van der Waals surface area (Å²) in [6, 6.07) is 15.4. The Labute approximate surface area is 230 Å². The normalized spacial score (nSPS) is 17.6. The second kappa shape index (κ2) is 11.8. The minimum atomic E-state index is -0.0949. The summed E-state index contributed by atoms with van der Waals surface area (Å²) in [5.41, 5.74) is 2.54. The number of likely N-dealkylation sites (tertiary alicyclic amines) is 1. The number of H-pyrrole nitrogens is 1. The molecule has 39 heavy (non-hydrogen) atoms. The van der Waals surface area contributed by atoms with Gasteiger partial charge < -0.3 is 9.88 Å². The lowest BCUT2D eigenvalue weighted by molar-refractivity contribution is 0.0956. The van der Waals surface area contributed by atoms with Crippen LogP contribution >= 0.6 is 0 Å². The number of aromatic nitrogens is 3. The summed E-state index contributed by atoms with van der Waals surface area (Å²) < 4.78 is 0. The summed E-state index contributed by atoms with van der Waals surface area (Å²) in [6.45, 7) is 3.62. The van der Waals surface area contributed by atoms with Crippen LogP contribution in [0.4, 0.5) is 0 Å². The van der Waals surface area contributed by atoms with E-state index in [0.29, 0.717) is 34.9 Å². The van der Waals surface area contributed by atoms with E-state index in [4.69, 9.17) is 4.98 Å². The molecule has 2 fully saturated rings. The molecule has 0 spiro atoms. The number of ketones is 2. The number of Topliss-reactive ketones (excluding diaryl/α,β-unsaturated/α-hetero) is 2. The van der Waals surface area contributed by atoms with E-state index in [9.17, 15) is 9.59 Å². The Hall–Kier alpha value is -3.38. The number of piperidine rings is 1. The molecule has 2 aromatic heterocycles. The van der Waals surface area contributed by atoms with Gasteiger partial charge in [0.15, 0.2) is 11.6 Å². The summed E-state index contributed by atoms with van der Waals surface area (Å²) in [5.74, 6) is 2.14. The number of imidazole rings is 1. The number of rotatable bonds is 9. The van der Waals surface area contributed by atoms with Gasteiger partial charge in [0, 0.05) is 30.1 Å². The Balaban J connectivity index is 1.05. The van der Waals surface area contributed by atoms with E-state index in [-0.39, 0.29) is 18.0 Å². The van der Waals surface area contributed by atoms with Gasteiger partial charge in [-0.05, 0) is 80.6 Å². The van der Waals surface area contributed by atoms with Crippen LogP contribution in [-0.2, 0) is 6.42 Å². The summed E-state index contributed by atoms with van der Waals surface area (Å²) in [5, 5.41) is 1.99. The first-order chi connectivity index (χ1) is 19.1. The van der Waals surface area contributed by atoms with Crippen molar-refractivity contribution in [2.75, 3.05) is 19.6 Å². The van der Waals surface area contributed by atoms with E-state index in [2.05, 4.69) is 14.9 Å². The molecule has 1 aliphatic heterocycles. The van der Waals surface area contributed by atoms with Crippen molar-refractivity contribution in [3.63, 3.8) is 0 Å². The van der Waals surface area contributed by atoms with Crippen molar-refractivity contribution >= 4 is 33.4 Å². The Morgan fingerprint density at radius 3 is 2.49 bits per heavy atom. The molecule has 1 saturated carbocycles. The number of fused-ring (bicyclic) bond motifs is 2. The molecule has 0 atom stereocenters. The van der Waals surface area contributed by atoms with E-state index in [1.165, 1.54) is 64.6 Å². The van der Waals surface area contributed by atoms with Gasteiger partial charge in [-0.25, -0.2) is 4.98 Å². The number of para-hydroxylation sites is 1. The molecule has 3 heterocycles. The number of carbonyl (C=O) groups excluding carboxylic acids is 2. The van der Waals surface area contributed by atoms with Gasteiger partial charge in [-0.2, -0.15) is 0 Å². The van der Waals surface area contributed by atoms with Crippen molar-refractivity contribution in [1.29, 1.82) is 0 Å². The summed E-state index contributed by atoms with van der Waals surface area (Å²) in [6.07, 6.45) is 12.8. The Bertz CT molecular complexity index is 1460. The fourth-order valence-electron chi connectivity index (χ4n) is 6.53. The lowest BCUT2D eigenvalue weighted by Crippen LogP contribution is -2.37. The van der Waals surface area contributed by atoms with Crippen molar-refractivity contribution in [2.45, 2.75) is 64.2 Å². The zero-order chi connectivity index (χ0) is 26.6. The largest absolute Gasteiger partial charge is 0.342 e. The summed E-state index contributed by atoms with van der Waals surface area (Å²) in [4.78, 5) is 41.2. The van der Waals surface area contributed by atoms with E-state index >= 15 is 0 Å². The number of nitrogens with one attached hydrogen (secondary N) is 1. The molecule has 0 unspecified atom stereocenters. The highest BCUT2D eigenvalue weighted by atomic mass is 16.1. The number of hydrogen-bond donors (Lipinski definition) is 1. The smallest absolute Gasteiger partial charge is 0.188 e. The van der Waals surface area contributed by atoms with Crippen LogP contribution < -0.4 is 0 Å². The third kappa shape index (κ3) is 6.11. The minimum Gasteiger partial charge on any atom is -0.342 e. The molecule has 6 heteroatoms.